The lowest BCUT2D eigenvalue weighted by atomic mass is 9.69. The average Bonchev–Trinajstić information content (AvgIpc) is 3.33. The lowest BCUT2D eigenvalue weighted by molar-refractivity contribution is -0.528. The van der Waals surface area contributed by atoms with Crippen molar-refractivity contribution in [2.24, 2.45) is 0 Å². The van der Waals surface area contributed by atoms with Crippen molar-refractivity contribution in [2.45, 2.75) is 130 Å². The van der Waals surface area contributed by atoms with Gasteiger partial charge in [-0.25, -0.2) is 14.7 Å². The second-order valence-corrected chi connectivity index (χ2v) is 17.9. The number of fused-ring (bicyclic) bond motifs is 4. The largest absolute Gasteiger partial charge is 0.507 e. The third kappa shape index (κ3) is 9.47. The number of benzene rings is 5. The van der Waals surface area contributed by atoms with Crippen molar-refractivity contribution in [3.63, 3.8) is 0 Å². The molecule has 0 aliphatic heterocycles. The molecule has 0 aromatic heterocycles. The van der Waals surface area contributed by atoms with Crippen LogP contribution in [0.15, 0.2) is 120 Å². The van der Waals surface area contributed by atoms with E-state index in [2.05, 4.69) is 145 Å². The van der Waals surface area contributed by atoms with Crippen LogP contribution in [-0.4, -0.2) is 41.6 Å². The minimum absolute atomic E-state index is 0.000716. The first-order valence-corrected chi connectivity index (χ1v) is 24.7. The van der Waals surface area contributed by atoms with E-state index in [-0.39, 0.29) is 11.5 Å². The van der Waals surface area contributed by atoms with Crippen LogP contribution < -0.4 is 4.90 Å². The van der Waals surface area contributed by atoms with E-state index < -0.39 is 0 Å². The number of hydrogen-bond donors (Lipinski definition) is 1. The maximum Gasteiger partial charge on any atom is 0.270 e. The smallest absolute Gasteiger partial charge is 0.270 e. The minimum atomic E-state index is -0.000716. The Hall–Kier alpha value is -5.91. The monoisotopic (exact) mass is 850 g/mol. The van der Waals surface area contributed by atoms with Crippen molar-refractivity contribution in [2.75, 3.05) is 31.1 Å². The standard InChI is InChI=1S/C59H68N4O/c1-6-10-14-26-38-62(39-27-15-11-7-2)57-47-34-22-18-30-43(47)52(44-31-19-23-35-48(44)57)55-54(51(42-60)61-5)56(59(55)64)53-45-32-20-24-36-49(45)58(50-37-25-21-33-46(50)53)63(40-28-16-12-8-3)41-29-17-13-9-4/h18-25,30-37H,6-17,26-29,38-41H2,1-4H3/p+1. The van der Waals surface area contributed by atoms with Crippen LogP contribution >= 0.6 is 0 Å². The zero-order valence-corrected chi connectivity index (χ0v) is 39.1. The quantitative estimate of drug-likeness (QED) is 0.0243. The van der Waals surface area contributed by atoms with Gasteiger partial charge in [0.15, 0.2) is 0 Å². The van der Waals surface area contributed by atoms with Crippen LogP contribution in [0.5, 0.6) is 0 Å². The van der Waals surface area contributed by atoms with Crippen molar-refractivity contribution in [1.82, 2.24) is 0 Å². The van der Waals surface area contributed by atoms with Gasteiger partial charge in [0.1, 0.15) is 18.8 Å². The summed E-state index contributed by atoms with van der Waals surface area (Å²) in [6, 6.07) is 36.7. The minimum Gasteiger partial charge on any atom is -0.507 e. The van der Waals surface area contributed by atoms with Crippen LogP contribution in [-0.2, 0) is 0 Å². The van der Waals surface area contributed by atoms with Gasteiger partial charge < -0.3 is 10.0 Å². The summed E-state index contributed by atoms with van der Waals surface area (Å²) in [6.07, 6.45) is 19.1. The highest BCUT2D eigenvalue weighted by atomic mass is 16.3. The average molecular weight is 850 g/mol. The number of hydrogen-bond acceptors (Lipinski definition) is 3. The molecule has 0 spiro atoms. The van der Waals surface area contributed by atoms with Gasteiger partial charge in [0, 0.05) is 64.6 Å². The van der Waals surface area contributed by atoms with Crippen LogP contribution in [0.1, 0.15) is 158 Å². The molecule has 330 valence electrons. The summed E-state index contributed by atoms with van der Waals surface area (Å²) in [6.45, 7) is 21.4. The van der Waals surface area contributed by atoms with E-state index in [1.54, 1.807) is 0 Å². The number of anilines is 1. The molecule has 5 aromatic rings. The Bertz CT molecular complexity index is 2510. The second kappa shape index (κ2) is 22.6. The van der Waals surface area contributed by atoms with Gasteiger partial charge in [0.2, 0.25) is 5.71 Å². The fraction of sp³-hybridized carbons (Fsp3) is 0.407. The third-order valence-corrected chi connectivity index (χ3v) is 13.5. The summed E-state index contributed by atoms with van der Waals surface area (Å²) >= 11 is 0. The van der Waals surface area contributed by atoms with Crippen LogP contribution in [0.3, 0.4) is 0 Å². The molecule has 5 aromatic carbocycles. The summed E-state index contributed by atoms with van der Waals surface area (Å²) in [5.41, 5.74) is 10.3. The number of nitriles is 1. The predicted molar refractivity (Wildman–Crippen MR) is 271 cm³/mol. The van der Waals surface area contributed by atoms with Gasteiger partial charge in [-0.05, 0) is 59.7 Å². The molecule has 0 atom stereocenters. The van der Waals surface area contributed by atoms with Gasteiger partial charge >= 0.3 is 0 Å². The maximum atomic E-state index is 12.9. The van der Waals surface area contributed by atoms with E-state index in [4.69, 9.17) is 6.57 Å². The van der Waals surface area contributed by atoms with Gasteiger partial charge in [-0.2, -0.15) is 0 Å². The van der Waals surface area contributed by atoms with E-state index in [0.717, 1.165) is 107 Å². The predicted octanol–water partition coefficient (Wildman–Crippen LogP) is 15.8. The van der Waals surface area contributed by atoms with E-state index >= 15 is 0 Å². The van der Waals surface area contributed by atoms with Crippen LogP contribution in [0.4, 0.5) is 5.69 Å². The first-order chi connectivity index (χ1) is 31.5. The Morgan fingerprint density at radius 3 is 1.41 bits per heavy atom. The molecule has 5 heteroatoms. The van der Waals surface area contributed by atoms with Crippen LogP contribution in [0.25, 0.3) is 37.5 Å². The van der Waals surface area contributed by atoms with Gasteiger partial charge in [0.05, 0.1) is 29.5 Å². The summed E-state index contributed by atoms with van der Waals surface area (Å²) in [5.74, 6) is 0.143. The molecule has 1 N–H and O–H groups in total. The van der Waals surface area contributed by atoms with Gasteiger partial charge in [-0.15, -0.1) is 0 Å². The molecular weight excluding hydrogens is 781 g/mol. The highest BCUT2D eigenvalue weighted by molar-refractivity contribution is 6.25. The maximum absolute atomic E-state index is 12.9. The Morgan fingerprint density at radius 2 is 0.969 bits per heavy atom. The van der Waals surface area contributed by atoms with E-state index in [1.165, 1.54) is 88.4 Å². The zero-order valence-electron chi connectivity index (χ0n) is 39.1. The molecule has 0 heterocycles. The van der Waals surface area contributed by atoms with Crippen molar-refractivity contribution in [3.8, 4) is 6.07 Å². The highest BCUT2D eigenvalue weighted by Crippen LogP contribution is 2.56. The lowest BCUT2D eigenvalue weighted by Crippen LogP contribution is -2.30. The molecule has 0 amide bonds. The SMILES string of the molecule is [C-]#[N+]C(C#N)=C1C(=C2c3ccccc3C(=[N+](CCCCCC)CCCCCC)c3ccccc32)C(O)=C1c1c2ccccc2c(N(CCCCCC)CCCCCC)c2ccccc12. The van der Waals surface area contributed by atoms with Crippen molar-refractivity contribution < 1.29 is 9.68 Å². The normalized spacial score (nSPS) is 14.0. The first kappa shape index (κ1) is 46.1. The molecule has 5 nitrogen and oxygen atoms in total. The van der Waals surface area contributed by atoms with Gasteiger partial charge in [-0.1, -0.05) is 177 Å². The molecule has 0 saturated carbocycles. The number of rotatable bonds is 22. The summed E-state index contributed by atoms with van der Waals surface area (Å²) in [5, 5.41) is 28.0. The number of allylic oxidation sites excluding steroid dienone is 3. The van der Waals surface area contributed by atoms with E-state index in [0.29, 0.717) is 16.7 Å². The molecule has 0 radical (unpaired) electrons. The number of aliphatic hydroxyl groups is 1. The molecule has 0 fully saturated rings. The summed E-state index contributed by atoms with van der Waals surface area (Å²) < 4.78 is 2.62. The highest BCUT2D eigenvalue weighted by Gasteiger charge is 2.42. The van der Waals surface area contributed by atoms with Crippen molar-refractivity contribution in [1.29, 1.82) is 5.26 Å². The number of nitrogens with zero attached hydrogens (tertiary/aromatic N) is 4. The molecule has 0 bridgehead atoms. The Balaban J connectivity index is 1.49. The Kier molecular flexibility index (Phi) is 16.3. The van der Waals surface area contributed by atoms with Crippen molar-refractivity contribution in [3.05, 3.63) is 159 Å². The van der Waals surface area contributed by atoms with Gasteiger partial charge in [-0.3, -0.25) is 0 Å². The topological polar surface area (TPSA) is 54.6 Å². The molecule has 64 heavy (non-hydrogen) atoms. The summed E-state index contributed by atoms with van der Waals surface area (Å²) in [4.78, 5) is 6.53. The fourth-order valence-corrected chi connectivity index (χ4v) is 10.3. The first-order valence-electron chi connectivity index (χ1n) is 24.7. The van der Waals surface area contributed by atoms with Crippen molar-refractivity contribution >= 4 is 44.1 Å². The fourth-order valence-electron chi connectivity index (χ4n) is 10.3. The second-order valence-electron chi connectivity index (χ2n) is 17.9. The third-order valence-electron chi connectivity index (χ3n) is 13.5. The van der Waals surface area contributed by atoms with Crippen LogP contribution in [0.2, 0.25) is 0 Å². The van der Waals surface area contributed by atoms with Gasteiger partial charge in [0.25, 0.3) is 5.70 Å². The van der Waals surface area contributed by atoms with E-state index in [1.807, 2.05) is 0 Å². The number of unbranched alkanes of at least 4 members (excludes halogenated alkanes) is 12. The molecular formula is C59H69N4O+. The summed E-state index contributed by atoms with van der Waals surface area (Å²) in [7, 11) is 0. The molecule has 2 aliphatic rings. The Morgan fingerprint density at radius 1 is 0.547 bits per heavy atom. The van der Waals surface area contributed by atoms with E-state index in [9.17, 15) is 10.4 Å². The molecule has 0 saturated heterocycles. The number of aliphatic hydroxyl groups excluding tert-OH is 1. The molecule has 0 unspecified atom stereocenters. The molecule has 7 rings (SSSR count). The zero-order chi connectivity index (χ0) is 44.8. The Labute approximate surface area is 384 Å². The molecule has 2 aliphatic carbocycles. The van der Waals surface area contributed by atoms with Crippen LogP contribution in [0, 0.1) is 17.9 Å². The lowest BCUT2D eigenvalue weighted by Gasteiger charge is -2.35.